The van der Waals surface area contributed by atoms with Gasteiger partial charge in [0.05, 0.1) is 23.7 Å². The lowest BCUT2D eigenvalue weighted by molar-refractivity contribution is -0.124. The van der Waals surface area contributed by atoms with Gasteiger partial charge in [-0.05, 0) is 58.5 Å². The first-order valence-electron chi connectivity index (χ1n) is 12.5. The summed E-state index contributed by atoms with van der Waals surface area (Å²) >= 11 is 0. The molecule has 0 bridgehead atoms. The molecule has 1 fully saturated rings. The van der Waals surface area contributed by atoms with Crippen molar-refractivity contribution in [1.82, 2.24) is 19.9 Å². The number of para-hydroxylation sites is 1. The Morgan fingerprint density at radius 1 is 1.19 bits per heavy atom. The number of carbonyl (C=O) groups excluding carboxylic acids is 1. The summed E-state index contributed by atoms with van der Waals surface area (Å²) in [4.78, 5) is 32.3. The van der Waals surface area contributed by atoms with Crippen LogP contribution in [0.1, 0.15) is 47.6 Å². The van der Waals surface area contributed by atoms with Gasteiger partial charge in [0, 0.05) is 23.9 Å². The smallest absolute Gasteiger partial charge is 0.242 e. The minimum Gasteiger partial charge on any atom is -0.461 e. The predicted molar refractivity (Wildman–Crippen MR) is 139 cm³/mol. The van der Waals surface area contributed by atoms with Crippen molar-refractivity contribution in [2.45, 2.75) is 45.2 Å². The number of aromatic nitrogens is 3. The minimum atomic E-state index is -0.774. The van der Waals surface area contributed by atoms with Gasteiger partial charge in [-0.1, -0.05) is 18.2 Å². The van der Waals surface area contributed by atoms with Gasteiger partial charge in [0.2, 0.25) is 5.91 Å². The molecule has 0 radical (unpaired) electrons. The molecule has 5 heterocycles. The molecule has 4 aromatic rings. The normalized spacial score (nSPS) is 20.6. The first-order chi connectivity index (χ1) is 17.8. The van der Waals surface area contributed by atoms with E-state index in [0.717, 1.165) is 35.2 Å². The number of likely N-dealkylation sites (N-methyl/N-ethyl adjacent to an activating group) is 1. The molecule has 6 rings (SSSR count). The second kappa shape index (κ2) is 8.62. The van der Waals surface area contributed by atoms with Crippen LogP contribution in [0, 0.1) is 19.7 Å². The number of hydrogen-bond donors (Lipinski definition) is 1. The molecule has 190 valence electrons. The maximum atomic E-state index is 14.2. The molecule has 1 aromatic carbocycles. The predicted octanol–water partition coefficient (Wildman–Crippen LogP) is 4.67. The minimum absolute atomic E-state index is 0.0269. The molecule has 2 aliphatic heterocycles. The first kappa shape index (κ1) is 23.5. The van der Waals surface area contributed by atoms with Gasteiger partial charge < -0.3 is 14.6 Å². The van der Waals surface area contributed by atoms with E-state index >= 15 is 0 Å². The molecule has 37 heavy (non-hydrogen) atoms. The van der Waals surface area contributed by atoms with Crippen LogP contribution in [0.15, 0.2) is 47.2 Å². The molecule has 0 saturated carbocycles. The van der Waals surface area contributed by atoms with E-state index in [1.807, 2.05) is 52.1 Å². The molecule has 3 aromatic heterocycles. The van der Waals surface area contributed by atoms with E-state index in [1.54, 1.807) is 17.2 Å². The fourth-order valence-electron chi connectivity index (χ4n) is 5.82. The van der Waals surface area contributed by atoms with Crippen molar-refractivity contribution in [2.24, 2.45) is 0 Å². The summed E-state index contributed by atoms with van der Waals surface area (Å²) in [6, 6.07) is 9.05. The Hall–Kier alpha value is -3.85. The van der Waals surface area contributed by atoms with Crippen LogP contribution >= 0.6 is 0 Å². The van der Waals surface area contributed by atoms with E-state index in [1.165, 1.54) is 0 Å². The Labute approximate surface area is 214 Å². The van der Waals surface area contributed by atoms with Crippen LogP contribution in [0.4, 0.5) is 16.0 Å². The zero-order chi connectivity index (χ0) is 25.9. The molecule has 1 unspecified atom stereocenters. The van der Waals surface area contributed by atoms with Crippen molar-refractivity contribution < 1.29 is 13.6 Å². The molecule has 2 aliphatic rings. The highest BCUT2D eigenvalue weighted by Crippen LogP contribution is 2.44. The van der Waals surface area contributed by atoms with Crippen molar-refractivity contribution >= 4 is 28.5 Å². The zero-order valence-corrected chi connectivity index (χ0v) is 21.4. The lowest BCUT2D eigenvalue weighted by Crippen LogP contribution is -2.53. The number of carbonyl (C=O) groups is 1. The quantitative estimate of drug-likeness (QED) is 0.436. The van der Waals surface area contributed by atoms with E-state index < -0.39 is 5.41 Å². The summed E-state index contributed by atoms with van der Waals surface area (Å²) in [5, 5.41) is 3.99. The number of nitrogens with zero attached hydrogens (tertiary/aromatic N) is 5. The highest BCUT2D eigenvalue weighted by Gasteiger charge is 2.53. The Kier molecular flexibility index (Phi) is 5.49. The maximum absolute atomic E-state index is 14.2. The van der Waals surface area contributed by atoms with Crippen molar-refractivity contribution in [1.29, 1.82) is 0 Å². The van der Waals surface area contributed by atoms with Gasteiger partial charge in [0.15, 0.2) is 5.82 Å². The lowest BCUT2D eigenvalue weighted by atomic mass is 9.76. The van der Waals surface area contributed by atoms with Gasteiger partial charge in [-0.15, -0.1) is 0 Å². The fourth-order valence-corrected chi connectivity index (χ4v) is 5.82. The molecular weight excluding hydrogens is 471 g/mol. The number of benzene rings is 1. The molecule has 1 N–H and O–H groups in total. The summed E-state index contributed by atoms with van der Waals surface area (Å²) in [6.07, 6.45) is 3.53. The van der Waals surface area contributed by atoms with Crippen molar-refractivity contribution in [3.05, 3.63) is 76.8 Å². The van der Waals surface area contributed by atoms with Crippen molar-refractivity contribution in [3.8, 4) is 0 Å². The number of nitrogens with one attached hydrogen (secondary N) is 1. The van der Waals surface area contributed by atoms with E-state index in [4.69, 9.17) is 14.4 Å². The first-order valence-corrected chi connectivity index (χ1v) is 12.5. The largest absolute Gasteiger partial charge is 0.461 e. The van der Waals surface area contributed by atoms with Gasteiger partial charge in [-0.3, -0.25) is 9.69 Å². The summed E-state index contributed by atoms with van der Waals surface area (Å²) in [5.74, 6) is 1.56. The topological polar surface area (TPSA) is 87.4 Å². The van der Waals surface area contributed by atoms with Gasteiger partial charge in [-0.25, -0.2) is 19.3 Å². The van der Waals surface area contributed by atoms with Crippen LogP contribution < -0.4 is 10.2 Å². The number of halogens is 1. The van der Waals surface area contributed by atoms with Gasteiger partial charge in [0.1, 0.15) is 34.7 Å². The number of pyridine rings is 1. The Balaban J connectivity index is 1.48. The van der Waals surface area contributed by atoms with E-state index in [9.17, 15) is 9.18 Å². The van der Waals surface area contributed by atoms with Crippen LogP contribution in [0.5, 0.6) is 0 Å². The lowest BCUT2D eigenvalue weighted by Gasteiger charge is -2.40. The average Bonchev–Trinajstić information content (AvgIpc) is 3.46. The van der Waals surface area contributed by atoms with Crippen molar-refractivity contribution in [2.75, 3.05) is 30.4 Å². The molecule has 1 saturated heterocycles. The standard InChI is InChI=1S/C28H29FN6O2/c1-16-7-6-11-30-26(16)35-13-21-24(28(27(35)36)10-12-34(4)15-28)32-18(3)33-25(21)31-17(2)19-8-5-9-20-22(29)14-37-23(19)20/h5-9,11,14,17H,10,12-13,15H2,1-4H3,(H,31,32,33)/t17-,28?/m1/s1. The Bertz CT molecular complexity index is 1530. The molecule has 0 aliphatic carbocycles. The summed E-state index contributed by atoms with van der Waals surface area (Å²) in [5.41, 5.74) is 3.17. The van der Waals surface area contributed by atoms with Gasteiger partial charge in [0.25, 0.3) is 0 Å². The molecular formula is C28H29FN6O2. The van der Waals surface area contributed by atoms with Crippen LogP contribution in [0.3, 0.4) is 0 Å². The Morgan fingerprint density at radius 3 is 2.78 bits per heavy atom. The fraction of sp³-hybridized carbons (Fsp3) is 0.357. The zero-order valence-electron chi connectivity index (χ0n) is 21.4. The summed E-state index contributed by atoms with van der Waals surface area (Å²) in [7, 11) is 2.03. The van der Waals surface area contributed by atoms with E-state index in [0.29, 0.717) is 47.9 Å². The molecule has 2 atom stereocenters. The second-order valence-electron chi connectivity index (χ2n) is 10.2. The van der Waals surface area contributed by atoms with Crippen LogP contribution in [-0.4, -0.2) is 45.9 Å². The third-order valence-electron chi connectivity index (χ3n) is 7.64. The van der Waals surface area contributed by atoms with Crippen LogP contribution in [-0.2, 0) is 16.8 Å². The van der Waals surface area contributed by atoms with Gasteiger partial charge >= 0.3 is 0 Å². The number of likely N-dealkylation sites (tertiary alicyclic amines) is 1. The number of rotatable bonds is 4. The van der Waals surface area contributed by atoms with E-state index in [2.05, 4.69) is 15.2 Å². The average molecular weight is 501 g/mol. The van der Waals surface area contributed by atoms with Crippen LogP contribution in [0.25, 0.3) is 11.0 Å². The highest BCUT2D eigenvalue weighted by atomic mass is 19.1. The Morgan fingerprint density at radius 2 is 2.03 bits per heavy atom. The number of anilines is 2. The maximum Gasteiger partial charge on any atom is 0.242 e. The molecule has 1 amide bonds. The number of fused-ring (bicyclic) bond motifs is 3. The summed E-state index contributed by atoms with van der Waals surface area (Å²) < 4.78 is 19.7. The summed E-state index contributed by atoms with van der Waals surface area (Å²) in [6.45, 7) is 7.50. The molecule has 1 spiro atoms. The second-order valence-corrected chi connectivity index (χ2v) is 10.2. The molecule has 9 heteroatoms. The third-order valence-corrected chi connectivity index (χ3v) is 7.64. The number of hydrogen-bond acceptors (Lipinski definition) is 7. The third kappa shape index (κ3) is 3.68. The number of aryl methyl sites for hydroxylation is 2. The molecule has 8 nitrogen and oxygen atoms in total. The monoisotopic (exact) mass is 500 g/mol. The van der Waals surface area contributed by atoms with E-state index in [-0.39, 0.29) is 17.8 Å². The number of furan rings is 1. The highest BCUT2D eigenvalue weighted by molar-refractivity contribution is 6.03. The van der Waals surface area contributed by atoms with Crippen molar-refractivity contribution in [3.63, 3.8) is 0 Å². The number of amides is 1. The SMILES string of the molecule is Cc1nc(N[C@H](C)c2cccc3c(F)coc23)c2c(n1)C1(CCN(C)C1)C(=O)N(c1ncccc1C)C2. The van der Waals surface area contributed by atoms with Gasteiger partial charge in [-0.2, -0.15) is 0 Å². The van der Waals surface area contributed by atoms with Crippen LogP contribution in [0.2, 0.25) is 0 Å².